The highest BCUT2D eigenvalue weighted by Crippen LogP contribution is 2.53. The van der Waals surface area contributed by atoms with Gasteiger partial charge in [-0.3, -0.25) is 0 Å². The largest absolute Gasteiger partial charge is 0.367 e. The lowest BCUT2D eigenvalue weighted by molar-refractivity contribution is 0.142. The number of primary sulfonamides is 1. The van der Waals surface area contributed by atoms with E-state index < -0.39 is 10.0 Å². The molecule has 0 amide bonds. The van der Waals surface area contributed by atoms with Crippen LogP contribution in [0.1, 0.15) is 44.1 Å². The van der Waals surface area contributed by atoms with E-state index >= 15 is 0 Å². The SMILES string of the molecule is Cc1cc(S(N)(=O)=O)cnc1NC1CCC2(CCC2)C1. The van der Waals surface area contributed by atoms with Gasteiger partial charge < -0.3 is 5.32 Å². The molecule has 0 saturated heterocycles. The van der Waals surface area contributed by atoms with Gasteiger partial charge in [0.15, 0.2) is 0 Å². The molecule has 3 N–H and O–H groups in total. The molecule has 2 saturated carbocycles. The molecule has 5 nitrogen and oxygen atoms in total. The summed E-state index contributed by atoms with van der Waals surface area (Å²) in [5.41, 5.74) is 1.41. The number of hydrogen-bond donors (Lipinski definition) is 2. The minimum atomic E-state index is -3.67. The van der Waals surface area contributed by atoms with Gasteiger partial charge in [0.2, 0.25) is 10.0 Å². The normalized spacial score (nSPS) is 24.6. The van der Waals surface area contributed by atoms with Crippen molar-refractivity contribution in [2.24, 2.45) is 10.6 Å². The molecule has 2 aliphatic rings. The average molecular weight is 295 g/mol. The minimum Gasteiger partial charge on any atom is -0.367 e. The van der Waals surface area contributed by atoms with Gasteiger partial charge in [-0.2, -0.15) is 0 Å². The van der Waals surface area contributed by atoms with Crippen LogP contribution in [0.25, 0.3) is 0 Å². The van der Waals surface area contributed by atoms with E-state index in [0.717, 1.165) is 11.4 Å². The molecule has 1 spiro atoms. The van der Waals surface area contributed by atoms with Gasteiger partial charge in [-0.05, 0) is 56.1 Å². The molecule has 1 atom stereocenters. The molecular weight excluding hydrogens is 274 g/mol. The van der Waals surface area contributed by atoms with Crippen molar-refractivity contribution in [3.8, 4) is 0 Å². The number of pyridine rings is 1. The van der Waals surface area contributed by atoms with Gasteiger partial charge in [0.25, 0.3) is 0 Å². The standard InChI is InChI=1S/C14H21N3O2S/c1-10-7-12(20(15,18)19)9-16-13(10)17-11-3-6-14(8-11)4-2-5-14/h7,9,11H,2-6,8H2,1H3,(H,16,17)(H2,15,18,19). The second-order valence-corrected chi connectivity index (χ2v) is 7.88. The van der Waals surface area contributed by atoms with Crippen molar-refractivity contribution >= 4 is 15.8 Å². The van der Waals surface area contributed by atoms with Crippen LogP contribution in [-0.2, 0) is 10.0 Å². The Balaban J connectivity index is 1.72. The zero-order valence-electron chi connectivity index (χ0n) is 11.7. The van der Waals surface area contributed by atoms with Crippen LogP contribution in [0, 0.1) is 12.3 Å². The lowest BCUT2D eigenvalue weighted by Gasteiger charge is -2.38. The summed E-state index contributed by atoms with van der Waals surface area (Å²) < 4.78 is 22.6. The fourth-order valence-corrected chi connectivity index (χ4v) is 4.05. The number of nitrogens with zero attached hydrogens (tertiary/aromatic N) is 1. The van der Waals surface area contributed by atoms with E-state index in [2.05, 4.69) is 10.3 Å². The van der Waals surface area contributed by atoms with Crippen molar-refractivity contribution in [3.05, 3.63) is 17.8 Å². The van der Waals surface area contributed by atoms with Crippen LogP contribution in [0.5, 0.6) is 0 Å². The number of aromatic nitrogens is 1. The second kappa shape index (κ2) is 4.70. The summed E-state index contributed by atoms with van der Waals surface area (Å²) in [6.07, 6.45) is 9.12. The zero-order chi connectivity index (χ0) is 14.4. The molecule has 2 fully saturated rings. The molecule has 1 unspecified atom stereocenters. The van der Waals surface area contributed by atoms with Crippen molar-refractivity contribution in [3.63, 3.8) is 0 Å². The van der Waals surface area contributed by atoms with Gasteiger partial charge in [-0.1, -0.05) is 6.42 Å². The van der Waals surface area contributed by atoms with Crippen molar-refractivity contribution < 1.29 is 8.42 Å². The van der Waals surface area contributed by atoms with Crippen molar-refractivity contribution in [1.29, 1.82) is 0 Å². The maximum Gasteiger partial charge on any atom is 0.239 e. The molecule has 3 rings (SSSR count). The first kappa shape index (κ1) is 13.8. The van der Waals surface area contributed by atoms with Crippen LogP contribution >= 0.6 is 0 Å². The Kier molecular flexibility index (Phi) is 3.25. The lowest BCUT2D eigenvalue weighted by atomic mass is 9.67. The Hall–Kier alpha value is -1.14. The molecule has 0 radical (unpaired) electrons. The number of hydrogen-bond acceptors (Lipinski definition) is 4. The number of nitrogens with one attached hydrogen (secondary N) is 1. The fraction of sp³-hybridized carbons (Fsp3) is 0.643. The van der Waals surface area contributed by atoms with Gasteiger partial charge in [-0.25, -0.2) is 18.5 Å². The Morgan fingerprint density at radius 1 is 1.40 bits per heavy atom. The highest BCUT2D eigenvalue weighted by atomic mass is 32.2. The second-order valence-electron chi connectivity index (χ2n) is 6.32. The maximum atomic E-state index is 11.3. The monoisotopic (exact) mass is 295 g/mol. The molecule has 20 heavy (non-hydrogen) atoms. The third kappa shape index (κ3) is 2.54. The van der Waals surface area contributed by atoms with Crippen LogP contribution in [0.4, 0.5) is 5.82 Å². The van der Waals surface area contributed by atoms with Gasteiger partial charge in [-0.15, -0.1) is 0 Å². The predicted molar refractivity (Wildman–Crippen MR) is 77.9 cm³/mol. The zero-order valence-corrected chi connectivity index (χ0v) is 12.5. The number of rotatable bonds is 3. The average Bonchev–Trinajstić information content (AvgIpc) is 2.74. The first-order valence-electron chi connectivity index (χ1n) is 7.14. The first-order chi connectivity index (χ1) is 9.38. The highest BCUT2D eigenvalue weighted by molar-refractivity contribution is 7.89. The fourth-order valence-electron chi connectivity index (χ4n) is 3.51. The Morgan fingerprint density at radius 3 is 2.65 bits per heavy atom. The van der Waals surface area contributed by atoms with Gasteiger partial charge in [0, 0.05) is 12.2 Å². The summed E-state index contributed by atoms with van der Waals surface area (Å²) in [6.45, 7) is 1.86. The molecule has 0 bridgehead atoms. The number of nitrogens with two attached hydrogens (primary N) is 1. The van der Waals surface area contributed by atoms with E-state index in [1.807, 2.05) is 6.92 Å². The highest BCUT2D eigenvalue weighted by Gasteiger charge is 2.43. The summed E-state index contributed by atoms with van der Waals surface area (Å²) in [7, 11) is -3.67. The Labute approximate surface area is 120 Å². The molecule has 6 heteroatoms. The maximum absolute atomic E-state index is 11.3. The quantitative estimate of drug-likeness (QED) is 0.895. The van der Waals surface area contributed by atoms with E-state index in [1.165, 1.54) is 44.7 Å². The predicted octanol–water partition coefficient (Wildman–Crippen LogP) is 2.17. The topological polar surface area (TPSA) is 85.1 Å². The molecule has 1 heterocycles. The molecule has 2 aliphatic carbocycles. The van der Waals surface area contributed by atoms with Gasteiger partial charge in [0.1, 0.15) is 10.7 Å². The molecule has 0 aromatic carbocycles. The van der Waals surface area contributed by atoms with Gasteiger partial charge >= 0.3 is 0 Å². The third-order valence-corrected chi connectivity index (χ3v) is 5.72. The molecule has 110 valence electrons. The summed E-state index contributed by atoms with van der Waals surface area (Å²) in [6, 6.07) is 2.04. The summed E-state index contributed by atoms with van der Waals surface area (Å²) in [5.74, 6) is 0.777. The van der Waals surface area contributed by atoms with Crippen LogP contribution in [0.2, 0.25) is 0 Å². The number of sulfonamides is 1. The molecule has 0 aliphatic heterocycles. The van der Waals surface area contributed by atoms with E-state index in [1.54, 1.807) is 6.07 Å². The van der Waals surface area contributed by atoms with E-state index in [-0.39, 0.29) is 4.90 Å². The smallest absolute Gasteiger partial charge is 0.239 e. The minimum absolute atomic E-state index is 0.0717. The molecule has 1 aromatic rings. The van der Waals surface area contributed by atoms with Crippen LogP contribution in [0.3, 0.4) is 0 Å². The first-order valence-corrected chi connectivity index (χ1v) is 8.69. The third-order valence-electron chi connectivity index (χ3n) is 4.84. The molecular formula is C14H21N3O2S. The van der Waals surface area contributed by atoms with Crippen LogP contribution in [0.15, 0.2) is 17.2 Å². The van der Waals surface area contributed by atoms with E-state index in [0.29, 0.717) is 11.5 Å². The summed E-state index contributed by atoms with van der Waals surface area (Å²) in [4.78, 5) is 4.30. The van der Waals surface area contributed by atoms with Gasteiger partial charge in [0.05, 0.1) is 0 Å². The van der Waals surface area contributed by atoms with Crippen molar-refractivity contribution in [2.75, 3.05) is 5.32 Å². The summed E-state index contributed by atoms with van der Waals surface area (Å²) >= 11 is 0. The van der Waals surface area contributed by atoms with Crippen LogP contribution < -0.4 is 10.5 Å². The van der Waals surface area contributed by atoms with E-state index in [4.69, 9.17) is 5.14 Å². The Morgan fingerprint density at radius 2 is 2.15 bits per heavy atom. The Bertz CT molecular complexity index is 623. The van der Waals surface area contributed by atoms with Crippen LogP contribution in [-0.4, -0.2) is 19.4 Å². The number of aryl methyl sites for hydroxylation is 1. The van der Waals surface area contributed by atoms with Crippen molar-refractivity contribution in [2.45, 2.75) is 56.4 Å². The van der Waals surface area contributed by atoms with Crippen molar-refractivity contribution in [1.82, 2.24) is 4.98 Å². The summed E-state index contributed by atoms with van der Waals surface area (Å²) in [5, 5.41) is 8.58. The van der Waals surface area contributed by atoms with E-state index in [9.17, 15) is 8.42 Å². The molecule has 1 aromatic heterocycles. The lowest BCUT2D eigenvalue weighted by Crippen LogP contribution is -2.28. The number of anilines is 1.